The molecular weight excluding hydrogens is 274 g/mol. The van der Waals surface area contributed by atoms with Crippen LogP contribution in [0.25, 0.3) is 21.6 Å². The number of nitrogens with zero attached hydrogens (tertiary/aromatic N) is 5. The summed E-state index contributed by atoms with van der Waals surface area (Å²) in [5, 5.41) is 24.2. The van der Waals surface area contributed by atoms with Crippen LogP contribution in [-0.2, 0) is 0 Å². The van der Waals surface area contributed by atoms with Gasteiger partial charge in [0, 0.05) is 4.91 Å². The third kappa shape index (κ3) is 3.33. The van der Waals surface area contributed by atoms with Crippen molar-refractivity contribution in [3.63, 3.8) is 0 Å². The Bertz CT molecular complexity index is 698. The number of benzene rings is 1. The molecule has 1 heterocycles. The number of pyridine rings is 1. The highest BCUT2D eigenvalue weighted by Crippen LogP contribution is 2.29. The minimum Gasteiger partial charge on any atom is -0.384 e. The zero-order chi connectivity index (χ0) is 15.2. The zero-order valence-corrected chi connectivity index (χ0v) is 10.8. The van der Waals surface area contributed by atoms with Gasteiger partial charge >= 0.3 is 5.82 Å². The lowest BCUT2D eigenvalue weighted by Crippen LogP contribution is -2.06. The standard InChI is InChI=1S/C13H11N5O3/c14-17-15-8-12(19)11-7-6-10(13(16-11)18(20)21)9-4-2-1-3-5-9/h1-7,12,19H,8H2. The fourth-order valence-electron chi connectivity index (χ4n) is 1.84. The van der Waals surface area contributed by atoms with Crippen molar-refractivity contribution in [1.29, 1.82) is 0 Å². The van der Waals surface area contributed by atoms with Crippen molar-refractivity contribution >= 4 is 5.82 Å². The van der Waals surface area contributed by atoms with Crippen LogP contribution in [0.2, 0.25) is 0 Å². The molecule has 8 nitrogen and oxygen atoms in total. The van der Waals surface area contributed by atoms with Crippen LogP contribution in [0, 0.1) is 10.1 Å². The molecule has 1 atom stereocenters. The van der Waals surface area contributed by atoms with Crippen LogP contribution in [0.5, 0.6) is 0 Å². The van der Waals surface area contributed by atoms with E-state index in [-0.39, 0.29) is 18.1 Å². The average Bonchev–Trinajstić information content (AvgIpc) is 2.52. The number of azide groups is 1. The van der Waals surface area contributed by atoms with Crippen LogP contribution in [-0.4, -0.2) is 21.6 Å². The van der Waals surface area contributed by atoms with Crippen molar-refractivity contribution in [2.75, 3.05) is 6.54 Å². The summed E-state index contributed by atoms with van der Waals surface area (Å²) in [4.78, 5) is 17.0. The Morgan fingerprint density at radius 3 is 2.67 bits per heavy atom. The Balaban J connectivity index is 2.45. The predicted molar refractivity (Wildman–Crippen MR) is 75.3 cm³/mol. The van der Waals surface area contributed by atoms with Gasteiger partial charge in [0.15, 0.2) is 5.69 Å². The summed E-state index contributed by atoms with van der Waals surface area (Å²) in [5.74, 6) is -0.348. The molecule has 0 aliphatic heterocycles. The van der Waals surface area contributed by atoms with E-state index < -0.39 is 11.0 Å². The van der Waals surface area contributed by atoms with Gasteiger partial charge in [0.1, 0.15) is 6.10 Å². The van der Waals surface area contributed by atoms with Crippen molar-refractivity contribution < 1.29 is 10.0 Å². The summed E-state index contributed by atoms with van der Waals surface area (Å²) in [7, 11) is 0. The molecule has 21 heavy (non-hydrogen) atoms. The number of hydrogen-bond acceptors (Lipinski definition) is 5. The van der Waals surface area contributed by atoms with Gasteiger partial charge < -0.3 is 15.2 Å². The van der Waals surface area contributed by atoms with Crippen molar-refractivity contribution in [2.45, 2.75) is 6.10 Å². The molecule has 0 bridgehead atoms. The van der Waals surface area contributed by atoms with Crippen molar-refractivity contribution in [3.8, 4) is 11.1 Å². The molecule has 1 aromatic heterocycles. The van der Waals surface area contributed by atoms with E-state index in [1.165, 1.54) is 12.1 Å². The summed E-state index contributed by atoms with van der Waals surface area (Å²) in [6, 6.07) is 11.8. The summed E-state index contributed by atoms with van der Waals surface area (Å²) >= 11 is 0. The molecule has 0 aliphatic carbocycles. The van der Waals surface area contributed by atoms with Gasteiger partial charge in [-0.1, -0.05) is 35.4 Å². The van der Waals surface area contributed by atoms with Gasteiger partial charge in [-0.15, -0.1) is 0 Å². The molecule has 0 saturated heterocycles. The molecule has 0 saturated carbocycles. The monoisotopic (exact) mass is 285 g/mol. The molecule has 2 rings (SSSR count). The van der Waals surface area contributed by atoms with Crippen LogP contribution in [0.4, 0.5) is 5.82 Å². The van der Waals surface area contributed by atoms with Crippen LogP contribution in [0.1, 0.15) is 11.8 Å². The van der Waals surface area contributed by atoms with E-state index in [1.807, 2.05) is 0 Å². The molecule has 1 aromatic carbocycles. The van der Waals surface area contributed by atoms with E-state index in [1.54, 1.807) is 30.3 Å². The van der Waals surface area contributed by atoms with Gasteiger partial charge in [-0.3, -0.25) is 0 Å². The van der Waals surface area contributed by atoms with Gasteiger partial charge in [0.2, 0.25) is 0 Å². The maximum atomic E-state index is 11.2. The molecule has 8 heteroatoms. The fraction of sp³-hybridized carbons (Fsp3) is 0.154. The van der Waals surface area contributed by atoms with E-state index in [2.05, 4.69) is 15.0 Å². The molecule has 0 fully saturated rings. The molecule has 1 N–H and O–H groups in total. The first-order chi connectivity index (χ1) is 10.1. The van der Waals surface area contributed by atoms with Gasteiger partial charge in [-0.25, -0.2) is 0 Å². The molecule has 1 unspecified atom stereocenters. The van der Waals surface area contributed by atoms with Gasteiger partial charge in [0.05, 0.1) is 12.1 Å². The largest absolute Gasteiger partial charge is 0.384 e. The fourth-order valence-corrected chi connectivity index (χ4v) is 1.84. The second-order valence-corrected chi connectivity index (χ2v) is 4.16. The van der Waals surface area contributed by atoms with Crippen molar-refractivity contribution in [2.24, 2.45) is 5.11 Å². The van der Waals surface area contributed by atoms with E-state index in [0.29, 0.717) is 11.1 Å². The number of nitro groups is 1. The lowest BCUT2D eigenvalue weighted by atomic mass is 10.1. The first kappa shape index (κ1) is 14.4. The third-order valence-corrected chi connectivity index (χ3v) is 2.81. The highest BCUT2D eigenvalue weighted by molar-refractivity contribution is 5.71. The average molecular weight is 285 g/mol. The predicted octanol–water partition coefficient (Wildman–Crippen LogP) is 3.00. The molecule has 0 spiro atoms. The highest BCUT2D eigenvalue weighted by atomic mass is 16.6. The molecule has 0 radical (unpaired) electrons. The van der Waals surface area contributed by atoms with Gasteiger partial charge in [0.25, 0.3) is 0 Å². The normalized spacial score (nSPS) is 11.5. The van der Waals surface area contributed by atoms with Crippen LogP contribution in [0.3, 0.4) is 0 Å². The number of rotatable bonds is 5. The first-order valence-corrected chi connectivity index (χ1v) is 6.03. The quantitative estimate of drug-likeness (QED) is 0.298. The maximum Gasteiger partial charge on any atom is 0.371 e. The Morgan fingerprint density at radius 1 is 1.33 bits per heavy atom. The van der Waals surface area contributed by atoms with Crippen LogP contribution < -0.4 is 0 Å². The molecule has 0 aliphatic rings. The van der Waals surface area contributed by atoms with E-state index in [0.717, 1.165) is 0 Å². The van der Waals surface area contributed by atoms with E-state index in [4.69, 9.17) is 5.53 Å². The minimum atomic E-state index is -1.18. The second kappa shape index (κ2) is 6.47. The van der Waals surface area contributed by atoms with Gasteiger partial charge in [-0.2, -0.15) is 0 Å². The topological polar surface area (TPSA) is 125 Å². The Kier molecular flexibility index (Phi) is 4.45. The summed E-state index contributed by atoms with van der Waals surface area (Å²) < 4.78 is 0. The highest BCUT2D eigenvalue weighted by Gasteiger charge is 2.22. The number of aliphatic hydroxyl groups excluding tert-OH is 1. The third-order valence-electron chi connectivity index (χ3n) is 2.81. The van der Waals surface area contributed by atoms with Crippen LogP contribution >= 0.6 is 0 Å². The van der Waals surface area contributed by atoms with Gasteiger partial charge in [-0.05, 0) is 33.1 Å². The molecule has 106 valence electrons. The summed E-state index contributed by atoms with van der Waals surface area (Å²) in [6.07, 6.45) is -1.18. The lowest BCUT2D eigenvalue weighted by molar-refractivity contribution is -0.389. The molecule has 2 aromatic rings. The summed E-state index contributed by atoms with van der Waals surface area (Å²) in [5.41, 5.74) is 9.33. The van der Waals surface area contributed by atoms with E-state index >= 15 is 0 Å². The second-order valence-electron chi connectivity index (χ2n) is 4.16. The minimum absolute atomic E-state index is 0.0915. The summed E-state index contributed by atoms with van der Waals surface area (Å²) in [6.45, 7) is -0.231. The number of hydrogen-bond donors (Lipinski definition) is 1. The Hall–Kier alpha value is -2.96. The van der Waals surface area contributed by atoms with Crippen molar-refractivity contribution in [3.05, 3.63) is 68.7 Å². The smallest absolute Gasteiger partial charge is 0.371 e. The number of aromatic nitrogens is 1. The SMILES string of the molecule is [N-]=[N+]=NCC(O)c1ccc(-c2ccccc2)c([N+](=O)[O-])n1. The van der Waals surface area contributed by atoms with Crippen molar-refractivity contribution in [1.82, 2.24) is 4.98 Å². The zero-order valence-electron chi connectivity index (χ0n) is 10.8. The molecular formula is C13H11N5O3. The molecule has 0 amide bonds. The maximum absolute atomic E-state index is 11.2. The Labute approximate surface area is 119 Å². The number of aliphatic hydroxyl groups is 1. The Morgan fingerprint density at radius 2 is 2.05 bits per heavy atom. The first-order valence-electron chi connectivity index (χ1n) is 6.03. The van der Waals surface area contributed by atoms with E-state index in [9.17, 15) is 15.2 Å². The van der Waals surface area contributed by atoms with Crippen LogP contribution in [0.15, 0.2) is 47.6 Å². The lowest BCUT2D eigenvalue weighted by Gasteiger charge is -2.06.